The Morgan fingerprint density at radius 1 is 1.17 bits per heavy atom. The Morgan fingerprint density at radius 2 is 1.89 bits per heavy atom. The normalized spacial score (nSPS) is 11.2. The van der Waals surface area contributed by atoms with Gasteiger partial charge in [-0.2, -0.15) is 5.10 Å². The molecule has 0 saturated carbocycles. The number of benzene rings is 1. The van der Waals surface area contributed by atoms with Gasteiger partial charge < -0.3 is 5.11 Å². The van der Waals surface area contributed by atoms with Crippen LogP contribution < -0.4 is 4.72 Å². The number of hydrogen-bond acceptors (Lipinski definition) is 6. The molecule has 0 spiro atoms. The lowest BCUT2D eigenvalue weighted by molar-refractivity contribution is 0.282. The molecular formula is C10H10N4O3S. The van der Waals surface area contributed by atoms with Gasteiger partial charge in [0.25, 0.3) is 16.0 Å². The van der Waals surface area contributed by atoms with Crippen molar-refractivity contribution in [2.24, 2.45) is 0 Å². The lowest BCUT2D eigenvalue weighted by atomic mass is 10.2. The van der Waals surface area contributed by atoms with Gasteiger partial charge in [0, 0.05) is 0 Å². The number of aliphatic hydroxyl groups excluding tert-OH is 1. The number of rotatable bonds is 4. The highest BCUT2D eigenvalue weighted by atomic mass is 32.2. The molecule has 8 heteroatoms. The summed E-state index contributed by atoms with van der Waals surface area (Å²) in [7, 11) is -3.73. The molecule has 0 atom stereocenters. The van der Waals surface area contributed by atoms with Crippen molar-refractivity contribution in [3.63, 3.8) is 0 Å². The molecule has 1 heterocycles. The van der Waals surface area contributed by atoms with Crippen LogP contribution >= 0.6 is 0 Å². The van der Waals surface area contributed by atoms with E-state index < -0.39 is 10.0 Å². The fraction of sp³-hybridized carbons (Fsp3) is 0.100. The van der Waals surface area contributed by atoms with Gasteiger partial charge in [0.05, 0.1) is 23.9 Å². The van der Waals surface area contributed by atoms with Crippen molar-refractivity contribution in [3.05, 3.63) is 42.2 Å². The molecule has 0 bridgehead atoms. The number of nitrogens with zero attached hydrogens (tertiary/aromatic N) is 3. The number of anilines is 1. The van der Waals surface area contributed by atoms with Crippen LogP contribution in [0.5, 0.6) is 0 Å². The summed E-state index contributed by atoms with van der Waals surface area (Å²) in [6, 6.07) is 5.84. The highest BCUT2D eigenvalue weighted by Gasteiger charge is 2.15. The van der Waals surface area contributed by atoms with Crippen molar-refractivity contribution in [2.75, 3.05) is 4.72 Å². The van der Waals surface area contributed by atoms with E-state index in [1.807, 2.05) is 0 Å². The van der Waals surface area contributed by atoms with E-state index in [9.17, 15) is 8.42 Å². The fourth-order valence-electron chi connectivity index (χ4n) is 1.25. The second-order valence-corrected chi connectivity index (χ2v) is 5.06. The van der Waals surface area contributed by atoms with E-state index in [0.717, 1.165) is 0 Å². The maximum Gasteiger partial charge on any atom is 0.264 e. The van der Waals surface area contributed by atoms with E-state index in [2.05, 4.69) is 19.9 Å². The largest absolute Gasteiger partial charge is 0.392 e. The Hall–Kier alpha value is -2.06. The SMILES string of the molecule is O=S(=O)(Nc1nccnn1)c1ccc(CO)cc1. The summed E-state index contributed by atoms with van der Waals surface area (Å²) in [5.74, 6) is -0.0938. The van der Waals surface area contributed by atoms with Crippen molar-refractivity contribution >= 4 is 16.0 Å². The minimum Gasteiger partial charge on any atom is -0.392 e. The molecule has 0 unspecified atom stereocenters. The zero-order chi connectivity index (χ0) is 13.0. The van der Waals surface area contributed by atoms with E-state index in [1.54, 1.807) is 0 Å². The summed E-state index contributed by atoms with van der Waals surface area (Å²) < 4.78 is 26.0. The average molecular weight is 266 g/mol. The van der Waals surface area contributed by atoms with Gasteiger partial charge in [-0.05, 0) is 17.7 Å². The van der Waals surface area contributed by atoms with Crippen molar-refractivity contribution < 1.29 is 13.5 Å². The third kappa shape index (κ3) is 2.79. The van der Waals surface area contributed by atoms with Crippen LogP contribution in [0, 0.1) is 0 Å². The number of aromatic nitrogens is 3. The molecule has 94 valence electrons. The van der Waals surface area contributed by atoms with Gasteiger partial charge in [0.1, 0.15) is 0 Å². The van der Waals surface area contributed by atoms with Crippen LogP contribution in [0.25, 0.3) is 0 Å². The van der Waals surface area contributed by atoms with Crippen LogP contribution in [0.4, 0.5) is 5.95 Å². The monoisotopic (exact) mass is 266 g/mol. The highest BCUT2D eigenvalue weighted by Crippen LogP contribution is 2.13. The first kappa shape index (κ1) is 12.4. The van der Waals surface area contributed by atoms with Gasteiger partial charge in [0.2, 0.25) is 0 Å². The molecule has 1 aromatic carbocycles. The molecule has 0 radical (unpaired) electrons. The summed E-state index contributed by atoms with van der Waals surface area (Å²) in [6.07, 6.45) is 2.67. The minimum atomic E-state index is -3.73. The Balaban J connectivity index is 2.25. The van der Waals surface area contributed by atoms with Crippen LogP contribution in [0.1, 0.15) is 5.56 Å². The molecule has 2 N–H and O–H groups in total. The van der Waals surface area contributed by atoms with Crippen LogP contribution in [0.2, 0.25) is 0 Å². The summed E-state index contributed by atoms with van der Waals surface area (Å²) >= 11 is 0. The van der Waals surface area contributed by atoms with Gasteiger partial charge in [0.15, 0.2) is 0 Å². The number of nitrogens with one attached hydrogen (secondary N) is 1. The molecule has 0 aliphatic heterocycles. The minimum absolute atomic E-state index is 0.0622. The fourth-order valence-corrected chi connectivity index (χ4v) is 2.19. The van der Waals surface area contributed by atoms with Gasteiger partial charge in [-0.15, -0.1) is 5.10 Å². The summed E-state index contributed by atoms with van der Waals surface area (Å²) in [5.41, 5.74) is 0.631. The molecule has 7 nitrogen and oxygen atoms in total. The van der Waals surface area contributed by atoms with E-state index in [0.29, 0.717) is 5.56 Å². The van der Waals surface area contributed by atoms with Crippen LogP contribution in [0.15, 0.2) is 41.6 Å². The van der Waals surface area contributed by atoms with E-state index in [1.165, 1.54) is 36.7 Å². The third-order valence-corrected chi connectivity index (χ3v) is 3.47. The predicted molar refractivity (Wildman–Crippen MR) is 63.0 cm³/mol. The summed E-state index contributed by atoms with van der Waals surface area (Å²) in [5, 5.41) is 15.9. The molecule has 0 fully saturated rings. The lowest BCUT2D eigenvalue weighted by Gasteiger charge is -2.06. The smallest absolute Gasteiger partial charge is 0.264 e. The molecule has 1 aromatic heterocycles. The topological polar surface area (TPSA) is 105 Å². The van der Waals surface area contributed by atoms with Crippen molar-refractivity contribution in [3.8, 4) is 0 Å². The van der Waals surface area contributed by atoms with Crippen LogP contribution in [-0.2, 0) is 16.6 Å². The van der Waals surface area contributed by atoms with Crippen LogP contribution in [0.3, 0.4) is 0 Å². The third-order valence-electron chi connectivity index (χ3n) is 2.12. The maximum absolute atomic E-state index is 11.9. The van der Waals surface area contributed by atoms with Crippen LogP contribution in [-0.4, -0.2) is 28.7 Å². The molecule has 0 saturated heterocycles. The Morgan fingerprint density at radius 3 is 2.44 bits per heavy atom. The first-order valence-corrected chi connectivity index (χ1v) is 6.46. The summed E-state index contributed by atoms with van der Waals surface area (Å²) in [6.45, 7) is -0.139. The van der Waals surface area contributed by atoms with E-state index in [4.69, 9.17) is 5.11 Å². The van der Waals surface area contributed by atoms with E-state index in [-0.39, 0.29) is 17.5 Å². The zero-order valence-corrected chi connectivity index (χ0v) is 10.0. The van der Waals surface area contributed by atoms with Crippen molar-refractivity contribution in [1.82, 2.24) is 15.2 Å². The quantitative estimate of drug-likeness (QED) is 0.817. The number of aliphatic hydroxyl groups is 1. The molecule has 0 amide bonds. The second kappa shape index (κ2) is 5.07. The van der Waals surface area contributed by atoms with Gasteiger partial charge in [-0.1, -0.05) is 12.1 Å². The lowest BCUT2D eigenvalue weighted by Crippen LogP contribution is -2.15. The average Bonchev–Trinajstić information content (AvgIpc) is 2.39. The van der Waals surface area contributed by atoms with Gasteiger partial charge >= 0.3 is 0 Å². The van der Waals surface area contributed by atoms with Gasteiger partial charge in [-0.25, -0.2) is 18.1 Å². The zero-order valence-electron chi connectivity index (χ0n) is 9.18. The first-order valence-electron chi connectivity index (χ1n) is 4.98. The maximum atomic E-state index is 11.9. The first-order chi connectivity index (χ1) is 8.62. The predicted octanol–water partition coefficient (Wildman–Crippen LogP) is 0.165. The Labute approximate surface area is 104 Å². The molecule has 0 aliphatic carbocycles. The Bertz CT molecular complexity index is 613. The summed E-state index contributed by atoms with van der Waals surface area (Å²) in [4.78, 5) is 3.78. The molecule has 2 aromatic rings. The van der Waals surface area contributed by atoms with Crippen molar-refractivity contribution in [2.45, 2.75) is 11.5 Å². The van der Waals surface area contributed by atoms with Crippen molar-refractivity contribution in [1.29, 1.82) is 0 Å². The molecule has 18 heavy (non-hydrogen) atoms. The van der Waals surface area contributed by atoms with Gasteiger partial charge in [-0.3, -0.25) is 0 Å². The molecule has 0 aliphatic rings. The second-order valence-electron chi connectivity index (χ2n) is 3.37. The van der Waals surface area contributed by atoms with E-state index >= 15 is 0 Å². The Kier molecular flexibility index (Phi) is 3.49. The number of hydrogen-bond donors (Lipinski definition) is 2. The standard InChI is InChI=1S/C10H10N4O3S/c15-7-8-1-3-9(4-2-8)18(16,17)14-10-11-5-6-12-13-10/h1-6,15H,7H2,(H,11,13,14). The number of sulfonamides is 1. The molecule has 2 rings (SSSR count). The highest BCUT2D eigenvalue weighted by molar-refractivity contribution is 7.92. The molecular weight excluding hydrogens is 256 g/mol.